The smallest absolute Gasteiger partial charge is 0.328 e. The molecule has 38 heavy (non-hydrogen) atoms. The topological polar surface area (TPSA) is 132 Å². The molecule has 3 atom stereocenters. The molecule has 11 heteroatoms. The summed E-state index contributed by atoms with van der Waals surface area (Å²) in [6.45, 7) is 8.75. The molecule has 1 heterocycles. The van der Waals surface area contributed by atoms with Crippen LogP contribution in [0.2, 0.25) is 0 Å². The van der Waals surface area contributed by atoms with Crippen molar-refractivity contribution in [2.75, 3.05) is 27.1 Å². The first kappa shape index (κ1) is 30.4. The van der Waals surface area contributed by atoms with Crippen LogP contribution in [0.25, 0.3) is 0 Å². The van der Waals surface area contributed by atoms with Crippen molar-refractivity contribution in [3.8, 4) is 17.2 Å². The third-order valence-corrected chi connectivity index (χ3v) is 5.21. The average Bonchev–Trinajstić information content (AvgIpc) is 2.88. The lowest BCUT2D eigenvalue weighted by Crippen LogP contribution is -2.41. The van der Waals surface area contributed by atoms with Crippen molar-refractivity contribution in [3.05, 3.63) is 47.8 Å². The second-order valence-electron chi connectivity index (χ2n) is 8.48. The first-order valence-corrected chi connectivity index (χ1v) is 12.3. The number of nitrogens with zero attached hydrogens (tertiary/aromatic N) is 1. The average molecular weight is 533 g/mol. The Morgan fingerprint density at radius 3 is 2.42 bits per heavy atom. The maximum atomic E-state index is 12.9. The quantitative estimate of drug-likeness (QED) is 0.269. The zero-order valence-electron chi connectivity index (χ0n) is 22.6. The van der Waals surface area contributed by atoms with Crippen LogP contribution in [0.1, 0.15) is 50.2 Å². The Morgan fingerprint density at radius 1 is 1.08 bits per heavy atom. The molecule has 0 saturated carbocycles. The van der Waals surface area contributed by atoms with Crippen LogP contribution in [0.5, 0.6) is 17.2 Å². The van der Waals surface area contributed by atoms with Crippen LogP contribution in [0.15, 0.2) is 36.5 Å². The summed E-state index contributed by atoms with van der Waals surface area (Å²) in [6.07, 6.45) is 0.870. The van der Waals surface area contributed by atoms with Gasteiger partial charge in [-0.3, -0.25) is 9.59 Å². The van der Waals surface area contributed by atoms with Crippen LogP contribution < -0.4 is 19.5 Å². The first-order valence-electron chi connectivity index (χ1n) is 12.3. The van der Waals surface area contributed by atoms with Crippen molar-refractivity contribution in [2.24, 2.45) is 0 Å². The summed E-state index contributed by atoms with van der Waals surface area (Å²) in [5.74, 6) is -1.03. The fourth-order valence-corrected chi connectivity index (χ4v) is 3.32. The van der Waals surface area contributed by atoms with Gasteiger partial charge in [-0.2, -0.15) is 0 Å². The fraction of sp³-hybridized carbons (Fsp3) is 0.481. The van der Waals surface area contributed by atoms with Gasteiger partial charge in [0.1, 0.15) is 24.0 Å². The van der Waals surface area contributed by atoms with Crippen LogP contribution in [0, 0.1) is 6.92 Å². The van der Waals surface area contributed by atoms with Gasteiger partial charge in [0.2, 0.25) is 6.79 Å². The molecule has 11 nitrogen and oxygen atoms in total. The van der Waals surface area contributed by atoms with Gasteiger partial charge >= 0.3 is 11.9 Å². The van der Waals surface area contributed by atoms with Gasteiger partial charge < -0.3 is 33.7 Å². The summed E-state index contributed by atoms with van der Waals surface area (Å²) >= 11 is 0. The number of ether oxygens (including phenoxy) is 6. The van der Waals surface area contributed by atoms with Gasteiger partial charge in [0.05, 0.1) is 13.7 Å². The maximum absolute atomic E-state index is 12.9. The van der Waals surface area contributed by atoms with Crippen molar-refractivity contribution in [1.29, 1.82) is 0 Å². The monoisotopic (exact) mass is 532 g/mol. The number of amides is 1. The minimum absolute atomic E-state index is 0.0327. The van der Waals surface area contributed by atoms with E-state index in [4.69, 9.17) is 28.4 Å². The summed E-state index contributed by atoms with van der Waals surface area (Å²) in [4.78, 5) is 40.7. The molecule has 2 rings (SSSR count). The van der Waals surface area contributed by atoms with E-state index in [1.807, 2.05) is 38.1 Å². The molecule has 0 aliphatic heterocycles. The predicted molar refractivity (Wildman–Crippen MR) is 137 cm³/mol. The molecule has 0 radical (unpaired) electrons. The van der Waals surface area contributed by atoms with Gasteiger partial charge in [-0.25, -0.2) is 9.78 Å². The molecule has 208 valence electrons. The van der Waals surface area contributed by atoms with Gasteiger partial charge in [-0.1, -0.05) is 17.7 Å². The Kier molecular flexibility index (Phi) is 12.3. The van der Waals surface area contributed by atoms with Crippen molar-refractivity contribution < 1.29 is 42.8 Å². The fourth-order valence-electron chi connectivity index (χ4n) is 3.32. The molecule has 0 aliphatic carbocycles. The lowest BCUT2D eigenvalue weighted by atomic mass is 10.1. The number of carbonyl (C=O) groups excluding carboxylic acids is 3. The van der Waals surface area contributed by atoms with Crippen molar-refractivity contribution in [1.82, 2.24) is 10.3 Å². The van der Waals surface area contributed by atoms with E-state index in [-0.39, 0.29) is 23.3 Å². The molecular weight excluding hydrogens is 496 g/mol. The molecule has 0 aliphatic rings. The number of benzene rings is 1. The SMILES string of the molecule is CCOC[C@@H](C[C@H](C)OC(=O)[C@H](C)NC(=O)c1nccc(OC)c1OCOC(C)=O)Oc1ccc(C)cc1. The third kappa shape index (κ3) is 9.89. The number of hydrogen-bond acceptors (Lipinski definition) is 10. The van der Waals surface area contributed by atoms with E-state index in [0.717, 1.165) is 5.56 Å². The minimum atomic E-state index is -0.998. The molecule has 1 aromatic carbocycles. The van der Waals surface area contributed by atoms with Crippen LogP contribution in [0.3, 0.4) is 0 Å². The minimum Gasteiger partial charge on any atom is -0.493 e. The number of carbonyl (C=O) groups is 3. The standard InChI is InChI=1S/C27H36N2O9/c1-7-34-15-22(38-21-10-8-17(2)9-11-21)14-18(3)37-27(32)19(4)29-26(31)24-25(36-16-35-20(5)30)23(33-6)12-13-28-24/h8-13,18-19,22H,7,14-16H2,1-6H3,(H,29,31)/t18-,19-,22+/m0/s1. The van der Waals surface area contributed by atoms with Crippen LogP contribution in [0.4, 0.5) is 0 Å². The molecule has 2 aromatic rings. The number of aromatic nitrogens is 1. The second kappa shape index (κ2) is 15.4. The van der Waals surface area contributed by atoms with Crippen LogP contribution in [-0.4, -0.2) is 68.2 Å². The number of aryl methyl sites for hydroxylation is 1. The summed E-state index contributed by atoms with van der Waals surface area (Å²) in [5.41, 5.74) is 0.969. The van der Waals surface area contributed by atoms with Gasteiger partial charge in [0, 0.05) is 32.2 Å². The molecular formula is C27H36N2O9. The Balaban J connectivity index is 1.99. The molecule has 0 spiro atoms. The molecule has 1 N–H and O–H groups in total. The number of rotatable bonds is 15. The van der Waals surface area contributed by atoms with Gasteiger partial charge in [-0.05, 0) is 39.8 Å². The molecule has 0 bridgehead atoms. The number of methoxy groups -OCH3 is 1. The molecule has 0 unspecified atom stereocenters. The zero-order chi connectivity index (χ0) is 28.1. The number of esters is 2. The molecule has 0 fully saturated rings. The Labute approximate surface area is 222 Å². The van der Waals surface area contributed by atoms with Gasteiger partial charge in [0.15, 0.2) is 17.2 Å². The highest BCUT2D eigenvalue weighted by molar-refractivity contribution is 5.98. The summed E-state index contributed by atoms with van der Waals surface area (Å²) in [7, 11) is 1.39. The summed E-state index contributed by atoms with van der Waals surface area (Å²) in [5, 5.41) is 2.55. The number of pyridine rings is 1. The maximum Gasteiger partial charge on any atom is 0.328 e. The highest BCUT2D eigenvalue weighted by atomic mass is 16.7. The lowest BCUT2D eigenvalue weighted by Gasteiger charge is -2.24. The van der Waals surface area contributed by atoms with E-state index in [9.17, 15) is 14.4 Å². The summed E-state index contributed by atoms with van der Waals surface area (Å²) < 4.78 is 32.5. The van der Waals surface area contributed by atoms with E-state index in [1.165, 1.54) is 33.2 Å². The first-order chi connectivity index (χ1) is 18.1. The van der Waals surface area contributed by atoms with E-state index < -0.39 is 36.8 Å². The van der Waals surface area contributed by atoms with E-state index in [2.05, 4.69) is 10.3 Å². The van der Waals surface area contributed by atoms with Gasteiger partial charge in [-0.15, -0.1) is 0 Å². The Bertz CT molecular complexity index is 1060. The Hall–Kier alpha value is -3.86. The second-order valence-corrected chi connectivity index (χ2v) is 8.48. The summed E-state index contributed by atoms with van der Waals surface area (Å²) in [6, 6.07) is 8.13. The van der Waals surface area contributed by atoms with Crippen LogP contribution >= 0.6 is 0 Å². The number of nitrogens with one attached hydrogen (secondary N) is 1. The van der Waals surface area contributed by atoms with Crippen molar-refractivity contribution >= 4 is 17.8 Å². The largest absolute Gasteiger partial charge is 0.493 e. The highest BCUT2D eigenvalue weighted by Crippen LogP contribution is 2.29. The third-order valence-electron chi connectivity index (χ3n) is 5.21. The van der Waals surface area contributed by atoms with Crippen molar-refractivity contribution in [3.63, 3.8) is 0 Å². The normalized spacial score (nSPS) is 13.0. The predicted octanol–water partition coefficient (Wildman–Crippen LogP) is 3.22. The van der Waals surface area contributed by atoms with E-state index in [0.29, 0.717) is 25.4 Å². The van der Waals surface area contributed by atoms with E-state index in [1.54, 1.807) is 6.92 Å². The number of hydrogen-bond donors (Lipinski definition) is 1. The highest BCUT2D eigenvalue weighted by Gasteiger charge is 2.26. The molecule has 1 aromatic heterocycles. The van der Waals surface area contributed by atoms with Crippen LogP contribution in [-0.2, 0) is 23.8 Å². The Morgan fingerprint density at radius 2 is 1.79 bits per heavy atom. The van der Waals surface area contributed by atoms with Gasteiger partial charge in [0.25, 0.3) is 5.91 Å². The van der Waals surface area contributed by atoms with Crippen molar-refractivity contribution in [2.45, 2.75) is 59.3 Å². The van der Waals surface area contributed by atoms with E-state index >= 15 is 0 Å². The molecule has 1 amide bonds. The molecule has 0 saturated heterocycles. The lowest BCUT2D eigenvalue weighted by molar-refractivity contribution is -0.151. The zero-order valence-corrected chi connectivity index (χ0v) is 22.6.